The molecule has 1 atom stereocenters. The maximum absolute atomic E-state index is 9.84. The Balaban J connectivity index is 2.27. The molecule has 0 spiro atoms. The summed E-state index contributed by atoms with van der Waals surface area (Å²) in [5.41, 5.74) is 1.55. The minimum absolute atomic E-state index is 0.134. The Morgan fingerprint density at radius 2 is 1.79 bits per heavy atom. The van der Waals surface area contributed by atoms with Crippen molar-refractivity contribution in [3.63, 3.8) is 0 Å². The Kier molecular flexibility index (Phi) is 4.37. The molecule has 0 amide bonds. The molecule has 1 unspecified atom stereocenters. The maximum Gasteiger partial charge on any atom is 0.121 e. The van der Waals surface area contributed by atoms with Gasteiger partial charge in [0.2, 0.25) is 0 Å². The number of anilines is 1. The number of phenolic OH excluding ortho intramolecular Hbond substituents is 2. The van der Waals surface area contributed by atoms with Gasteiger partial charge in [0.25, 0.3) is 0 Å². The van der Waals surface area contributed by atoms with Crippen LogP contribution in [0.4, 0.5) is 5.69 Å². The van der Waals surface area contributed by atoms with Gasteiger partial charge in [0.1, 0.15) is 11.5 Å². The molecule has 0 bridgehead atoms. The van der Waals surface area contributed by atoms with E-state index in [-0.39, 0.29) is 17.5 Å². The number of benzene rings is 2. The average molecular weight is 387 g/mol. The molecule has 0 radical (unpaired) electrons. The lowest BCUT2D eigenvalue weighted by Gasteiger charge is -2.18. The van der Waals surface area contributed by atoms with Gasteiger partial charge in [-0.3, -0.25) is 0 Å². The zero-order valence-electron chi connectivity index (χ0n) is 10.2. The second kappa shape index (κ2) is 5.84. The third-order valence-corrected chi connectivity index (χ3v) is 3.96. The quantitative estimate of drug-likeness (QED) is 0.664. The highest BCUT2D eigenvalue weighted by Crippen LogP contribution is 2.33. The zero-order chi connectivity index (χ0) is 14.0. The van der Waals surface area contributed by atoms with E-state index in [9.17, 15) is 10.2 Å². The molecule has 0 saturated carbocycles. The molecule has 2 aromatic rings. The van der Waals surface area contributed by atoms with Crippen molar-refractivity contribution in [1.82, 2.24) is 0 Å². The summed E-state index contributed by atoms with van der Waals surface area (Å²) in [7, 11) is 0. The summed E-state index contributed by atoms with van der Waals surface area (Å²) in [5, 5.41) is 22.6. The maximum atomic E-state index is 9.84. The second-order valence-corrected chi connectivity index (χ2v) is 6.00. The average Bonchev–Trinajstić information content (AvgIpc) is 2.36. The van der Waals surface area contributed by atoms with E-state index >= 15 is 0 Å². The van der Waals surface area contributed by atoms with Crippen LogP contribution >= 0.6 is 31.9 Å². The number of rotatable bonds is 3. The molecule has 0 aliphatic heterocycles. The third-order valence-electron chi connectivity index (χ3n) is 2.78. The molecular weight excluding hydrogens is 374 g/mol. The third kappa shape index (κ3) is 3.42. The Hall–Kier alpha value is -1.20. The number of halogens is 2. The second-order valence-electron chi connectivity index (χ2n) is 4.23. The molecule has 0 aromatic heterocycles. The Morgan fingerprint density at radius 1 is 1.05 bits per heavy atom. The number of hydrogen-bond donors (Lipinski definition) is 3. The molecule has 2 aromatic carbocycles. The zero-order valence-corrected chi connectivity index (χ0v) is 13.4. The highest BCUT2D eigenvalue weighted by Gasteiger charge is 2.12. The van der Waals surface area contributed by atoms with Crippen molar-refractivity contribution >= 4 is 37.5 Å². The van der Waals surface area contributed by atoms with Crippen molar-refractivity contribution in [3.8, 4) is 11.5 Å². The van der Waals surface area contributed by atoms with E-state index in [1.54, 1.807) is 6.07 Å². The van der Waals surface area contributed by atoms with Gasteiger partial charge in [-0.15, -0.1) is 0 Å². The van der Waals surface area contributed by atoms with Crippen molar-refractivity contribution in [2.24, 2.45) is 0 Å². The van der Waals surface area contributed by atoms with Crippen LogP contribution < -0.4 is 5.32 Å². The first-order valence-electron chi connectivity index (χ1n) is 5.71. The first kappa shape index (κ1) is 14.2. The van der Waals surface area contributed by atoms with E-state index in [4.69, 9.17) is 0 Å². The van der Waals surface area contributed by atoms with Crippen molar-refractivity contribution in [3.05, 3.63) is 50.9 Å². The van der Waals surface area contributed by atoms with E-state index in [1.165, 1.54) is 12.1 Å². The van der Waals surface area contributed by atoms with Gasteiger partial charge in [-0.05, 0) is 59.3 Å². The summed E-state index contributed by atoms with van der Waals surface area (Å²) in [5.74, 6) is 0.290. The Bertz CT molecular complexity index is 602. The van der Waals surface area contributed by atoms with Crippen LogP contribution in [0.15, 0.2) is 45.3 Å². The summed E-state index contributed by atoms with van der Waals surface area (Å²) < 4.78 is 1.90. The Morgan fingerprint density at radius 3 is 2.53 bits per heavy atom. The van der Waals surface area contributed by atoms with Crippen LogP contribution in [0.25, 0.3) is 0 Å². The largest absolute Gasteiger partial charge is 0.508 e. The SMILES string of the molecule is CC(Nc1cc(Br)ccc1Br)c1cc(O)ccc1O. The summed E-state index contributed by atoms with van der Waals surface area (Å²) in [4.78, 5) is 0. The van der Waals surface area contributed by atoms with E-state index in [2.05, 4.69) is 37.2 Å². The predicted molar refractivity (Wildman–Crippen MR) is 83.7 cm³/mol. The van der Waals surface area contributed by atoms with Crippen LogP contribution in [0.1, 0.15) is 18.5 Å². The minimum atomic E-state index is -0.141. The fourth-order valence-corrected chi connectivity index (χ4v) is 2.53. The van der Waals surface area contributed by atoms with Crippen LogP contribution in [0, 0.1) is 0 Å². The monoisotopic (exact) mass is 385 g/mol. The van der Waals surface area contributed by atoms with E-state index in [0.29, 0.717) is 5.56 Å². The van der Waals surface area contributed by atoms with E-state index in [0.717, 1.165) is 14.6 Å². The lowest BCUT2D eigenvalue weighted by molar-refractivity contribution is 0.451. The van der Waals surface area contributed by atoms with Crippen molar-refractivity contribution in [1.29, 1.82) is 0 Å². The molecule has 0 heterocycles. The molecule has 0 saturated heterocycles. The first-order chi connectivity index (χ1) is 8.97. The molecule has 100 valence electrons. The Labute approximate surface area is 128 Å². The van der Waals surface area contributed by atoms with Crippen molar-refractivity contribution in [2.75, 3.05) is 5.32 Å². The summed E-state index contributed by atoms with van der Waals surface area (Å²) in [6.45, 7) is 1.92. The number of aromatic hydroxyl groups is 2. The van der Waals surface area contributed by atoms with Gasteiger partial charge in [-0.25, -0.2) is 0 Å². The van der Waals surface area contributed by atoms with Gasteiger partial charge in [-0.1, -0.05) is 15.9 Å². The molecule has 2 rings (SSSR count). The topological polar surface area (TPSA) is 52.5 Å². The highest BCUT2D eigenvalue weighted by atomic mass is 79.9. The van der Waals surface area contributed by atoms with Gasteiger partial charge in [0.05, 0.1) is 11.7 Å². The van der Waals surface area contributed by atoms with Gasteiger partial charge >= 0.3 is 0 Å². The van der Waals surface area contributed by atoms with Crippen LogP contribution in [-0.2, 0) is 0 Å². The van der Waals surface area contributed by atoms with Gasteiger partial charge in [0.15, 0.2) is 0 Å². The summed E-state index contributed by atoms with van der Waals surface area (Å²) in [6.07, 6.45) is 0. The molecule has 3 N–H and O–H groups in total. The standard InChI is InChI=1S/C14H13Br2NO2/c1-8(11-7-10(18)3-5-14(11)19)17-13-6-9(15)2-4-12(13)16/h2-8,17-19H,1H3. The van der Waals surface area contributed by atoms with Gasteiger partial charge < -0.3 is 15.5 Å². The lowest BCUT2D eigenvalue weighted by atomic mass is 10.1. The number of hydrogen-bond acceptors (Lipinski definition) is 3. The minimum Gasteiger partial charge on any atom is -0.508 e. The first-order valence-corrected chi connectivity index (χ1v) is 7.29. The smallest absolute Gasteiger partial charge is 0.121 e. The predicted octanol–water partition coefficient (Wildman–Crippen LogP) is 4.80. The van der Waals surface area contributed by atoms with Crippen LogP contribution in [-0.4, -0.2) is 10.2 Å². The van der Waals surface area contributed by atoms with E-state index in [1.807, 2.05) is 25.1 Å². The fraction of sp³-hybridized carbons (Fsp3) is 0.143. The molecule has 0 aliphatic carbocycles. The normalized spacial score (nSPS) is 12.2. The number of nitrogens with one attached hydrogen (secondary N) is 1. The molecule has 0 aliphatic rings. The van der Waals surface area contributed by atoms with Crippen molar-refractivity contribution in [2.45, 2.75) is 13.0 Å². The lowest BCUT2D eigenvalue weighted by Crippen LogP contribution is -2.07. The molecule has 0 fully saturated rings. The fourth-order valence-electron chi connectivity index (χ4n) is 1.81. The van der Waals surface area contributed by atoms with Crippen LogP contribution in [0.3, 0.4) is 0 Å². The van der Waals surface area contributed by atoms with Crippen molar-refractivity contribution < 1.29 is 10.2 Å². The molecule has 5 heteroatoms. The van der Waals surface area contributed by atoms with Crippen LogP contribution in [0.2, 0.25) is 0 Å². The van der Waals surface area contributed by atoms with Crippen LogP contribution in [0.5, 0.6) is 11.5 Å². The van der Waals surface area contributed by atoms with Gasteiger partial charge in [0, 0.05) is 14.5 Å². The molecular formula is C14H13Br2NO2. The molecule has 3 nitrogen and oxygen atoms in total. The number of phenols is 2. The molecule has 19 heavy (non-hydrogen) atoms. The van der Waals surface area contributed by atoms with Gasteiger partial charge in [-0.2, -0.15) is 0 Å². The summed E-state index contributed by atoms with van der Waals surface area (Å²) >= 11 is 6.89. The highest BCUT2D eigenvalue weighted by molar-refractivity contribution is 9.11. The summed E-state index contributed by atoms with van der Waals surface area (Å²) in [6, 6.07) is 10.2. The van der Waals surface area contributed by atoms with E-state index < -0.39 is 0 Å².